The fourth-order valence-corrected chi connectivity index (χ4v) is 2.88. The predicted molar refractivity (Wildman–Crippen MR) is 67.4 cm³/mol. The van der Waals surface area contributed by atoms with Gasteiger partial charge in [-0.1, -0.05) is 18.2 Å². The summed E-state index contributed by atoms with van der Waals surface area (Å²) in [5.41, 5.74) is 7.47. The molecule has 2 rings (SSSR count). The highest BCUT2D eigenvalue weighted by Gasteiger charge is 2.19. The standard InChI is InChI=1S/C12H16N2S/c1-13-14-12(15-2)11-8-4-6-9-5-3-7-10(9)11/h4,6,8,12,14H,1,3,5,7H2,2H3. The van der Waals surface area contributed by atoms with Crippen molar-refractivity contribution >= 4 is 18.5 Å². The zero-order valence-corrected chi connectivity index (χ0v) is 9.81. The van der Waals surface area contributed by atoms with Crippen molar-refractivity contribution in [2.75, 3.05) is 6.26 Å². The first-order valence-corrected chi connectivity index (χ1v) is 6.50. The van der Waals surface area contributed by atoms with E-state index >= 15 is 0 Å². The van der Waals surface area contributed by atoms with E-state index < -0.39 is 0 Å². The van der Waals surface area contributed by atoms with Gasteiger partial charge < -0.3 is 0 Å². The lowest BCUT2D eigenvalue weighted by atomic mass is 10.0. The third-order valence-corrected chi connectivity index (χ3v) is 3.74. The topological polar surface area (TPSA) is 24.4 Å². The molecule has 1 atom stereocenters. The molecule has 3 heteroatoms. The van der Waals surface area contributed by atoms with E-state index in [0.717, 1.165) is 0 Å². The van der Waals surface area contributed by atoms with Gasteiger partial charge in [0.1, 0.15) is 5.37 Å². The number of nitrogens with one attached hydrogen (secondary N) is 1. The number of rotatable bonds is 4. The van der Waals surface area contributed by atoms with Gasteiger partial charge in [0.2, 0.25) is 0 Å². The Morgan fingerprint density at radius 3 is 3.07 bits per heavy atom. The number of nitrogens with zero attached hydrogens (tertiary/aromatic N) is 1. The summed E-state index contributed by atoms with van der Waals surface area (Å²) in [4.78, 5) is 0. The lowest BCUT2D eigenvalue weighted by molar-refractivity contribution is 0.725. The Bertz CT molecular complexity index is 363. The van der Waals surface area contributed by atoms with E-state index in [1.165, 1.54) is 36.0 Å². The third kappa shape index (κ3) is 2.02. The zero-order valence-electron chi connectivity index (χ0n) is 8.99. The molecule has 1 aliphatic rings. The first-order valence-electron chi connectivity index (χ1n) is 5.21. The van der Waals surface area contributed by atoms with Crippen molar-refractivity contribution in [2.45, 2.75) is 24.6 Å². The Morgan fingerprint density at radius 1 is 1.47 bits per heavy atom. The summed E-state index contributed by atoms with van der Waals surface area (Å²) in [7, 11) is 0. The van der Waals surface area contributed by atoms with Crippen molar-refractivity contribution < 1.29 is 0 Å². The molecular formula is C12H16N2S. The van der Waals surface area contributed by atoms with Gasteiger partial charge in [-0.25, -0.2) is 0 Å². The van der Waals surface area contributed by atoms with Gasteiger partial charge >= 0.3 is 0 Å². The highest BCUT2D eigenvalue weighted by molar-refractivity contribution is 7.98. The van der Waals surface area contributed by atoms with Crippen LogP contribution in [0.2, 0.25) is 0 Å². The van der Waals surface area contributed by atoms with Gasteiger partial charge in [-0.15, -0.1) is 11.8 Å². The summed E-state index contributed by atoms with van der Waals surface area (Å²) in [6.45, 7) is 3.49. The number of hydrogen-bond acceptors (Lipinski definition) is 3. The van der Waals surface area contributed by atoms with Gasteiger partial charge in [0.05, 0.1) is 0 Å². The molecule has 80 valence electrons. The average Bonchev–Trinajstić information content (AvgIpc) is 2.73. The lowest BCUT2D eigenvalue weighted by Crippen LogP contribution is -2.13. The lowest BCUT2D eigenvalue weighted by Gasteiger charge is -2.17. The molecule has 0 saturated heterocycles. The van der Waals surface area contributed by atoms with Gasteiger partial charge in [-0.2, -0.15) is 5.10 Å². The number of fused-ring (bicyclic) bond motifs is 1. The maximum absolute atomic E-state index is 3.79. The molecule has 1 aromatic rings. The van der Waals surface area contributed by atoms with Gasteiger partial charge in [-0.05, 0) is 42.2 Å². The maximum atomic E-state index is 3.79. The van der Waals surface area contributed by atoms with E-state index in [0.29, 0.717) is 0 Å². The van der Waals surface area contributed by atoms with Crippen LogP contribution in [0.25, 0.3) is 0 Å². The Kier molecular flexibility index (Phi) is 3.31. The van der Waals surface area contributed by atoms with Crippen LogP contribution >= 0.6 is 11.8 Å². The van der Waals surface area contributed by atoms with Crippen LogP contribution in [0, 0.1) is 0 Å². The van der Waals surface area contributed by atoms with Crippen molar-refractivity contribution in [2.24, 2.45) is 5.10 Å². The third-order valence-electron chi connectivity index (χ3n) is 2.91. The van der Waals surface area contributed by atoms with E-state index in [1.807, 2.05) is 0 Å². The van der Waals surface area contributed by atoms with Crippen molar-refractivity contribution in [3.63, 3.8) is 0 Å². The van der Waals surface area contributed by atoms with Crippen molar-refractivity contribution in [1.82, 2.24) is 5.43 Å². The molecule has 2 nitrogen and oxygen atoms in total. The summed E-state index contributed by atoms with van der Waals surface area (Å²) in [6, 6.07) is 6.58. The molecule has 0 fully saturated rings. The number of benzene rings is 1. The van der Waals surface area contributed by atoms with Gasteiger partial charge in [0, 0.05) is 6.72 Å². The Balaban J connectivity index is 2.34. The zero-order chi connectivity index (χ0) is 10.7. The van der Waals surface area contributed by atoms with Gasteiger partial charge in [0.25, 0.3) is 0 Å². The molecule has 1 unspecified atom stereocenters. The van der Waals surface area contributed by atoms with E-state index in [1.54, 1.807) is 11.8 Å². The fourth-order valence-electron chi connectivity index (χ4n) is 2.23. The summed E-state index contributed by atoms with van der Waals surface area (Å²) in [5.74, 6) is 0. The second kappa shape index (κ2) is 4.71. The maximum Gasteiger partial charge on any atom is 0.114 e. The molecule has 0 saturated carbocycles. The number of thioether (sulfide) groups is 1. The molecule has 0 aromatic heterocycles. The van der Waals surface area contributed by atoms with Crippen LogP contribution < -0.4 is 5.43 Å². The molecule has 0 heterocycles. The molecule has 0 spiro atoms. The minimum atomic E-state index is 0.246. The highest BCUT2D eigenvalue weighted by atomic mass is 32.2. The van der Waals surface area contributed by atoms with E-state index in [-0.39, 0.29) is 5.37 Å². The average molecular weight is 220 g/mol. The quantitative estimate of drug-likeness (QED) is 0.479. The SMILES string of the molecule is C=NNC(SC)c1cccc2c1CCC2. The summed E-state index contributed by atoms with van der Waals surface area (Å²) in [5, 5.41) is 4.03. The Morgan fingerprint density at radius 2 is 2.33 bits per heavy atom. The predicted octanol–water partition coefficient (Wildman–Crippen LogP) is 2.74. The van der Waals surface area contributed by atoms with Crippen LogP contribution in [-0.2, 0) is 12.8 Å². The first kappa shape index (κ1) is 10.6. The molecule has 15 heavy (non-hydrogen) atoms. The molecule has 0 radical (unpaired) electrons. The van der Waals surface area contributed by atoms with Crippen LogP contribution in [0.1, 0.15) is 28.5 Å². The Labute approximate surface area is 95.2 Å². The van der Waals surface area contributed by atoms with Crippen molar-refractivity contribution in [3.05, 3.63) is 34.9 Å². The van der Waals surface area contributed by atoms with Gasteiger partial charge in [0.15, 0.2) is 0 Å². The monoisotopic (exact) mass is 220 g/mol. The van der Waals surface area contributed by atoms with Crippen LogP contribution in [0.4, 0.5) is 0 Å². The molecular weight excluding hydrogens is 204 g/mol. The fraction of sp³-hybridized carbons (Fsp3) is 0.417. The smallest absolute Gasteiger partial charge is 0.114 e. The molecule has 1 N–H and O–H groups in total. The molecule has 0 bridgehead atoms. The van der Waals surface area contributed by atoms with E-state index in [4.69, 9.17) is 0 Å². The minimum Gasteiger partial charge on any atom is -0.293 e. The van der Waals surface area contributed by atoms with Crippen LogP contribution in [0.5, 0.6) is 0 Å². The molecule has 0 amide bonds. The second-order valence-corrected chi connectivity index (χ2v) is 4.68. The summed E-state index contributed by atoms with van der Waals surface area (Å²) in [6.07, 6.45) is 5.82. The number of hydrogen-bond donors (Lipinski definition) is 1. The number of hydrazone groups is 1. The normalized spacial score (nSPS) is 15.8. The van der Waals surface area contributed by atoms with Crippen LogP contribution in [0.3, 0.4) is 0 Å². The van der Waals surface area contributed by atoms with Crippen LogP contribution in [-0.4, -0.2) is 13.0 Å². The minimum absolute atomic E-state index is 0.246. The summed E-state index contributed by atoms with van der Waals surface area (Å²) >= 11 is 1.77. The van der Waals surface area contributed by atoms with Crippen molar-refractivity contribution in [1.29, 1.82) is 0 Å². The molecule has 0 aliphatic heterocycles. The highest BCUT2D eigenvalue weighted by Crippen LogP contribution is 2.33. The second-order valence-electron chi connectivity index (χ2n) is 3.74. The van der Waals surface area contributed by atoms with Crippen LogP contribution in [0.15, 0.2) is 23.3 Å². The molecule has 1 aromatic carbocycles. The Hall–Kier alpha value is -0.960. The largest absolute Gasteiger partial charge is 0.293 e. The van der Waals surface area contributed by atoms with Gasteiger partial charge in [-0.3, -0.25) is 5.43 Å². The van der Waals surface area contributed by atoms with Crippen molar-refractivity contribution in [3.8, 4) is 0 Å². The van der Waals surface area contributed by atoms with E-state index in [9.17, 15) is 0 Å². The molecule has 1 aliphatic carbocycles. The first-order chi connectivity index (χ1) is 7.36. The number of aryl methyl sites for hydroxylation is 1. The summed E-state index contributed by atoms with van der Waals surface area (Å²) < 4.78 is 0. The van der Waals surface area contributed by atoms with E-state index in [2.05, 4.69) is 41.7 Å².